The van der Waals surface area contributed by atoms with Gasteiger partial charge in [-0.3, -0.25) is 0 Å². The number of nitrogens with zero attached hydrogens (tertiary/aromatic N) is 2. The van der Waals surface area contributed by atoms with Gasteiger partial charge in [-0.15, -0.1) is 0 Å². The Morgan fingerprint density at radius 3 is 2.60 bits per heavy atom. The summed E-state index contributed by atoms with van der Waals surface area (Å²) < 4.78 is 5.16. The molecule has 0 aromatic heterocycles. The molecule has 98 valence electrons. The van der Waals surface area contributed by atoms with E-state index in [2.05, 4.69) is 0 Å². The monoisotopic (exact) mass is 264 g/mol. The minimum absolute atomic E-state index is 0.123. The quantitative estimate of drug-likeness (QED) is 0.779. The van der Waals surface area contributed by atoms with Crippen LogP contribution < -0.4 is 5.63 Å². The van der Waals surface area contributed by atoms with Gasteiger partial charge in [-0.05, 0) is 29.7 Å². The molecule has 0 fully saturated rings. The zero-order chi connectivity index (χ0) is 14.7. The second-order valence-corrected chi connectivity index (χ2v) is 4.69. The summed E-state index contributed by atoms with van der Waals surface area (Å²) in [5.41, 5.74) is 1.25. The van der Waals surface area contributed by atoms with Crippen molar-refractivity contribution in [2.45, 2.75) is 19.8 Å². The van der Waals surface area contributed by atoms with Crippen molar-refractivity contribution in [2.24, 2.45) is 0 Å². The van der Waals surface area contributed by atoms with Crippen LogP contribution in [0.25, 0.3) is 17.4 Å². The van der Waals surface area contributed by atoms with E-state index in [1.807, 2.05) is 32.0 Å². The van der Waals surface area contributed by atoms with Crippen molar-refractivity contribution < 1.29 is 4.42 Å². The highest BCUT2D eigenvalue weighted by molar-refractivity contribution is 5.76. The van der Waals surface area contributed by atoms with Gasteiger partial charge in [-0.1, -0.05) is 26.0 Å². The zero-order valence-electron chi connectivity index (χ0n) is 11.2. The molecule has 0 bridgehead atoms. The van der Waals surface area contributed by atoms with Gasteiger partial charge in [0.1, 0.15) is 23.5 Å². The van der Waals surface area contributed by atoms with E-state index in [0.29, 0.717) is 17.2 Å². The lowest BCUT2D eigenvalue weighted by Gasteiger charge is -2.01. The minimum atomic E-state index is -0.538. The van der Waals surface area contributed by atoms with Crippen molar-refractivity contribution in [1.29, 1.82) is 10.5 Å². The first kappa shape index (κ1) is 13.6. The number of hydrogen-bond donors (Lipinski definition) is 0. The van der Waals surface area contributed by atoms with Gasteiger partial charge in [0, 0.05) is 5.56 Å². The molecular weight excluding hydrogens is 252 g/mol. The maximum Gasteiger partial charge on any atom is 0.344 e. The van der Waals surface area contributed by atoms with Gasteiger partial charge in [0.05, 0.1) is 5.56 Å². The summed E-state index contributed by atoms with van der Waals surface area (Å²) in [6.45, 7) is 4.09. The molecule has 0 unspecified atom stereocenters. The summed E-state index contributed by atoms with van der Waals surface area (Å²) in [6.07, 6.45) is 1.28. The summed E-state index contributed by atoms with van der Waals surface area (Å²) >= 11 is 0. The van der Waals surface area contributed by atoms with Gasteiger partial charge in [0.15, 0.2) is 0 Å². The Labute approximate surface area is 116 Å². The molecule has 0 aromatic carbocycles. The second-order valence-electron chi connectivity index (χ2n) is 4.69. The van der Waals surface area contributed by atoms with Gasteiger partial charge in [0.25, 0.3) is 0 Å². The summed E-state index contributed by atoms with van der Waals surface area (Å²) in [5.74, 6) is 0.738. The highest BCUT2D eigenvalue weighted by atomic mass is 16.4. The molecule has 4 heteroatoms. The van der Waals surface area contributed by atoms with Gasteiger partial charge >= 0.3 is 5.63 Å². The molecule has 0 spiro atoms. The van der Waals surface area contributed by atoms with Gasteiger partial charge in [0.2, 0.25) is 0 Å². The lowest BCUT2D eigenvalue weighted by molar-refractivity contribution is 0.544. The molecule has 0 amide bonds. The first-order valence-corrected chi connectivity index (χ1v) is 6.15. The third-order valence-corrected chi connectivity index (χ3v) is 3.02. The first-order valence-electron chi connectivity index (χ1n) is 6.15. The van der Waals surface area contributed by atoms with E-state index < -0.39 is 5.63 Å². The molecular formula is C16H12N2O2. The van der Waals surface area contributed by atoms with Crippen LogP contribution in [0.5, 0.6) is 0 Å². The van der Waals surface area contributed by atoms with E-state index in [-0.39, 0.29) is 11.1 Å². The van der Waals surface area contributed by atoms with Crippen molar-refractivity contribution in [1.82, 2.24) is 0 Å². The van der Waals surface area contributed by atoms with Crippen molar-refractivity contribution in [3.05, 3.63) is 51.4 Å². The maximum absolute atomic E-state index is 11.9. The van der Waals surface area contributed by atoms with Crippen LogP contribution in [0.3, 0.4) is 0 Å². The SMILES string of the molecule is CC(C)c1cccc2oc(=O)c(C=C(C#N)C#N)c-2c1. The fourth-order valence-electron chi connectivity index (χ4n) is 1.92. The van der Waals surface area contributed by atoms with Crippen molar-refractivity contribution >= 4 is 6.08 Å². The minimum Gasteiger partial charge on any atom is -0.422 e. The van der Waals surface area contributed by atoms with E-state index in [1.165, 1.54) is 6.08 Å². The number of allylic oxidation sites excluding steroid dienone is 1. The molecule has 20 heavy (non-hydrogen) atoms. The highest BCUT2D eigenvalue weighted by Crippen LogP contribution is 2.28. The van der Waals surface area contributed by atoms with Crippen molar-refractivity contribution in [3.8, 4) is 23.5 Å². The van der Waals surface area contributed by atoms with Crippen LogP contribution in [0, 0.1) is 22.7 Å². The standard InChI is InChI=1S/C16H12N2O2/c1-10(2)12-4-3-5-15-13(7-12)14(16(19)20-15)6-11(8-17)9-18/h3-7,10H,1-2H3. The number of fused-ring (bicyclic) bond motifs is 1. The largest absolute Gasteiger partial charge is 0.422 e. The van der Waals surface area contributed by atoms with Crippen LogP contribution >= 0.6 is 0 Å². The molecule has 2 aliphatic rings. The summed E-state index contributed by atoms with van der Waals surface area (Å²) in [4.78, 5) is 11.9. The summed E-state index contributed by atoms with van der Waals surface area (Å²) in [6, 6.07) is 10.8. The normalized spacial score (nSPS) is 10.1. The third kappa shape index (κ3) is 2.46. The average Bonchev–Trinajstić information content (AvgIpc) is 2.60. The molecule has 2 rings (SSSR count). The Bertz CT molecular complexity index is 770. The Hall–Kier alpha value is -2.85. The molecule has 4 nitrogen and oxygen atoms in total. The average molecular weight is 264 g/mol. The molecule has 1 aliphatic heterocycles. The molecule has 1 heterocycles. The van der Waals surface area contributed by atoms with Crippen LogP contribution in [0.4, 0.5) is 0 Å². The maximum atomic E-state index is 11.9. The Morgan fingerprint density at radius 2 is 2.00 bits per heavy atom. The fourth-order valence-corrected chi connectivity index (χ4v) is 1.92. The smallest absolute Gasteiger partial charge is 0.344 e. The highest BCUT2D eigenvalue weighted by Gasteiger charge is 2.16. The van der Waals surface area contributed by atoms with Gasteiger partial charge in [-0.25, -0.2) is 4.79 Å². The molecule has 0 atom stereocenters. The van der Waals surface area contributed by atoms with E-state index in [9.17, 15) is 4.79 Å². The zero-order valence-corrected chi connectivity index (χ0v) is 11.2. The predicted octanol–water partition coefficient (Wildman–Crippen LogP) is 3.30. The summed E-state index contributed by atoms with van der Waals surface area (Å²) in [5, 5.41) is 17.6. The Morgan fingerprint density at radius 1 is 1.30 bits per heavy atom. The molecule has 0 N–H and O–H groups in total. The van der Waals surface area contributed by atoms with Crippen LogP contribution in [0.15, 0.2) is 39.1 Å². The fraction of sp³-hybridized carbons (Fsp3) is 0.188. The van der Waals surface area contributed by atoms with Crippen molar-refractivity contribution in [2.75, 3.05) is 0 Å². The first-order chi connectivity index (χ1) is 9.56. The number of furan rings is 1. The second kappa shape index (κ2) is 5.42. The van der Waals surface area contributed by atoms with Crippen LogP contribution in [0.1, 0.15) is 30.9 Å². The number of hydrogen-bond acceptors (Lipinski definition) is 4. The molecule has 1 aliphatic carbocycles. The van der Waals surface area contributed by atoms with E-state index in [0.717, 1.165) is 5.56 Å². The lowest BCUT2D eigenvalue weighted by atomic mass is 10.0. The topological polar surface area (TPSA) is 77.8 Å². The lowest BCUT2D eigenvalue weighted by Crippen LogP contribution is -1.96. The van der Waals surface area contributed by atoms with Gasteiger partial charge < -0.3 is 4.42 Å². The summed E-state index contributed by atoms with van der Waals surface area (Å²) in [7, 11) is 0. The van der Waals surface area contributed by atoms with E-state index >= 15 is 0 Å². The molecule has 0 saturated heterocycles. The van der Waals surface area contributed by atoms with E-state index in [4.69, 9.17) is 14.9 Å². The third-order valence-electron chi connectivity index (χ3n) is 3.02. The molecule has 0 aromatic rings. The number of nitriles is 2. The van der Waals surface area contributed by atoms with E-state index in [1.54, 1.807) is 18.2 Å². The van der Waals surface area contributed by atoms with Gasteiger partial charge in [-0.2, -0.15) is 10.5 Å². The molecule has 0 radical (unpaired) electrons. The Kier molecular flexibility index (Phi) is 3.68. The van der Waals surface area contributed by atoms with Crippen LogP contribution in [-0.4, -0.2) is 0 Å². The molecule has 0 saturated carbocycles. The number of rotatable bonds is 2. The van der Waals surface area contributed by atoms with Crippen molar-refractivity contribution in [3.63, 3.8) is 0 Å². The van der Waals surface area contributed by atoms with Crippen LogP contribution in [-0.2, 0) is 0 Å². The Balaban J connectivity index is 2.75. The predicted molar refractivity (Wildman–Crippen MR) is 74.9 cm³/mol. The van der Waals surface area contributed by atoms with Crippen LogP contribution in [0.2, 0.25) is 0 Å².